The maximum atomic E-state index is 11.1. The Morgan fingerprint density at radius 3 is 2.72 bits per heavy atom. The lowest BCUT2D eigenvalue weighted by Gasteiger charge is -2.14. The fourth-order valence-corrected chi connectivity index (χ4v) is 2.28. The minimum atomic E-state index is -0.842. The van der Waals surface area contributed by atoms with Gasteiger partial charge in [0, 0.05) is 23.0 Å². The molecule has 2 rings (SSSR count). The molecule has 0 radical (unpaired) electrons. The second kappa shape index (κ2) is 4.40. The number of carboxylic acid groups (broad SMARTS) is 1. The van der Waals surface area contributed by atoms with Crippen molar-refractivity contribution < 1.29 is 9.90 Å². The van der Waals surface area contributed by atoms with Crippen molar-refractivity contribution in [3.63, 3.8) is 0 Å². The molecule has 1 atom stereocenters. The monoisotopic (exact) mass is 247 g/mol. The highest BCUT2D eigenvalue weighted by Crippen LogP contribution is 2.23. The van der Waals surface area contributed by atoms with E-state index in [-0.39, 0.29) is 0 Å². The molecule has 1 unspecified atom stereocenters. The first-order valence-corrected chi connectivity index (χ1v) is 6.04. The average Bonchev–Trinajstić information content (AvgIpc) is 2.71. The first-order valence-electron chi connectivity index (χ1n) is 6.04. The zero-order chi connectivity index (χ0) is 13.4. The summed E-state index contributed by atoms with van der Waals surface area (Å²) in [6.45, 7) is 7.45. The molecular formula is C13H17N3O2. The molecule has 96 valence electrons. The van der Waals surface area contributed by atoms with Crippen molar-refractivity contribution in [2.75, 3.05) is 0 Å². The van der Waals surface area contributed by atoms with Crippen molar-refractivity contribution >= 4 is 11.6 Å². The number of hydrogen-bond acceptors (Lipinski definition) is 3. The number of aromatic nitrogens is 3. The lowest BCUT2D eigenvalue weighted by Crippen LogP contribution is -2.14. The van der Waals surface area contributed by atoms with Gasteiger partial charge in [-0.3, -0.25) is 4.79 Å². The fraction of sp³-hybridized carbons (Fsp3) is 0.462. The highest BCUT2D eigenvalue weighted by atomic mass is 16.4. The van der Waals surface area contributed by atoms with E-state index in [1.807, 2.05) is 26.8 Å². The Kier molecular flexibility index (Phi) is 3.07. The molecule has 0 aliphatic carbocycles. The van der Waals surface area contributed by atoms with Crippen LogP contribution >= 0.6 is 0 Å². The van der Waals surface area contributed by atoms with Gasteiger partial charge in [0.15, 0.2) is 5.65 Å². The number of aryl methyl sites for hydroxylation is 3. The van der Waals surface area contributed by atoms with Gasteiger partial charge >= 0.3 is 5.97 Å². The molecule has 0 saturated heterocycles. The normalized spacial score (nSPS) is 12.9. The van der Waals surface area contributed by atoms with E-state index in [1.165, 1.54) is 0 Å². The highest BCUT2D eigenvalue weighted by Gasteiger charge is 2.21. The van der Waals surface area contributed by atoms with Gasteiger partial charge in [0.05, 0.1) is 11.6 Å². The number of carboxylic acids is 1. The predicted molar refractivity (Wildman–Crippen MR) is 67.9 cm³/mol. The maximum Gasteiger partial charge on any atom is 0.310 e. The van der Waals surface area contributed by atoms with Gasteiger partial charge < -0.3 is 5.11 Å². The van der Waals surface area contributed by atoms with Crippen LogP contribution in [-0.2, 0) is 11.2 Å². The number of rotatable bonds is 3. The van der Waals surface area contributed by atoms with Crippen LogP contribution in [0.15, 0.2) is 6.07 Å². The summed E-state index contributed by atoms with van der Waals surface area (Å²) in [5.74, 6) is -1.42. The molecule has 2 aromatic rings. The summed E-state index contributed by atoms with van der Waals surface area (Å²) in [6.07, 6.45) is 0.839. The van der Waals surface area contributed by atoms with Crippen molar-refractivity contribution in [2.45, 2.75) is 40.0 Å². The number of carbonyl (C=O) groups is 1. The molecule has 0 saturated carbocycles. The lowest BCUT2D eigenvalue weighted by atomic mass is 9.98. The number of fused-ring (bicyclic) bond motifs is 1. The minimum Gasteiger partial charge on any atom is -0.481 e. The average molecular weight is 247 g/mol. The van der Waals surface area contributed by atoms with E-state index in [9.17, 15) is 4.79 Å². The van der Waals surface area contributed by atoms with Crippen LogP contribution in [-0.4, -0.2) is 25.7 Å². The van der Waals surface area contributed by atoms with Crippen molar-refractivity contribution in [1.29, 1.82) is 0 Å². The van der Waals surface area contributed by atoms with Gasteiger partial charge in [-0.15, -0.1) is 0 Å². The van der Waals surface area contributed by atoms with E-state index in [0.29, 0.717) is 0 Å². The molecule has 2 aromatic heterocycles. The summed E-state index contributed by atoms with van der Waals surface area (Å²) in [4.78, 5) is 15.6. The summed E-state index contributed by atoms with van der Waals surface area (Å²) in [7, 11) is 0. The zero-order valence-corrected chi connectivity index (χ0v) is 11.1. The van der Waals surface area contributed by atoms with Crippen LogP contribution in [0.3, 0.4) is 0 Å². The standard InChI is InChI=1S/C13H17N3O2/c1-5-10-6-11-14-8(3)12(7(2)13(17)18)9(4)16(11)15-10/h6-7H,5H2,1-4H3,(H,17,18). The Hall–Kier alpha value is -1.91. The smallest absolute Gasteiger partial charge is 0.310 e. The quantitative estimate of drug-likeness (QED) is 0.901. The summed E-state index contributed by atoms with van der Waals surface area (Å²) in [5.41, 5.74) is 4.11. The topological polar surface area (TPSA) is 67.5 Å². The van der Waals surface area contributed by atoms with Gasteiger partial charge in [-0.1, -0.05) is 6.92 Å². The van der Waals surface area contributed by atoms with Gasteiger partial charge in [0.25, 0.3) is 0 Å². The molecule has 0 spiro atoms. The SMILES string of the molecule is CCc1cc2nc(C)c(C(C)C(=O)O)c(C)n2n1. The first kappa shape index (κ1) is 12.5. The van der Waals surface area contributed by atoms with Crippen LogP contribution in [0.4, 0.5) is 0 Å². The molecule has 0 amide bonds. The Morgan fingerprint density at radius 2 is 2.17 bits per heavy atom. The van der Waals surface area contributed by atoms with Gasteiger partial charge in [0.1, 0.15) is 0 Å². The predicted octanol–water partition coefficient (Wildman–Crippen LogP) is 2.10. The molecule has 2 heterocycles. The molecule has 5 nitrogen and oxygen atoms in total. The summed E-state index contributed by atoms with van der Waals surface area (Å²) < 4.78 is 1.74. The van der Waals surface area contributed by atoms with Crippen LogP contribution in [0.1, 0.15) is 42.4 Å². The molecule has 18 heavy (non-hydrogen) atoms. The van der Waals surface area contributed by atoms with Gasteiger partial charge in [-0.25, -0.2) is 9.50 Å². The third-order valence-corrected chi connectivity index (χ3v) is 3.29. The van der Waals surface area contributed by atoms with E-state index < -0.39 is 11.9 Å². The maximum absolute atomic E-state index is 11.1. The third kappa shape index (κ3) is 1.85. The van der Waals surface area contributed by atoms with Gasteiger partial charge in [0.2, 0.25) is 0 Å². The Balaban J connectivity index is 2.71. The third-order valence-electron chi connectivity index (χ3n) is 3.29. The molecule has 5 heteroatoms. The Labute approximate surface area is 105 Å². The molecule has 0 bridgehead atoms. The van der Waals surface area contributed by atoms with Crippen molar-refractivity contribution in [3.05, 3.63) is 28.7 Å². The van der Waals surface area contributed by atoms with Crippen molar-refractivity contribution in [2.24, 2.45) is 0 Å². The molecule has 0 aliphatic rings. The van der Waals surface area contributed by atoms with E-state index in [2.05, 4.69) is 10.1 Å². The number of hydrogen-bond donors (Lipinski definition) is 1. The van der Waals surface area contributed by atoms with E-state index in [1.54, 1.807) is 11.4 Å². The van der Waals surface area contributed by atoms with E-state index >= 15 is 0 Å². The lowest BCUT2D eigenvalue weighted by molar-refractivity contribution is -0.138. The Morgan fingerprint density at radius 1 is 1.50 bits per heavy atom. The van der Waals surface area contributed by atoms with E-state index in [4.69, 9.17) is 5.11 Å². The number of nitrogens with zero attached hydrogens (tertiary/aromatic N) is 3. The molecular weight excluding hydrogens is 230 g/mol. The molecule has 0 aromatic carbocycles. The van der Waals surface area contributed by atoms with Crippen LogP contribution < -0.4 is 0 Å². The number of aliphatic carboxylic acids is 1. The minimum absolute atomic E-state index is 0.573. The van der Waals surface area contributed by atoms with Crippen molar-refractivity contribution in [1.82, 2.24) is 14.6 Å². The summed E-state index contributed by atoms with van der Waals surface area (Å²) in [5, 5.41) is 13.6. The molecule has 1 N–H and O–H groups in total. The fourth-order valence-electron chi connectivity index (χ4n) is 2.28. The molecule has 0 fully saturated rings. The van der Waals surface area contributed by atoms with Crippen LogP contribution in [0, 0.1) is 13.8 Å². The van der Waals surface area contributed by atoms with Gasteiger partial charge in [-0.05, 0) is 27.2 Å². The summed E-state index contributed by atoms with van der Waals surface area (Å²) in [6, 6.07) is 1.94. The second-order valence-electron chi connectivity index (χ2n) is 4.52. The summed E-state index contributed by atoms with van der Waals surface area (Å²) >= 11 is 0. The van der Waals surface area contributed by atoms with Crippen LogP contribution in [0.25, 0.3) is 5.65 Å². The zero-order valence-electron chi connectivity index (χ0n) is 11.1. The Bertz CT molecular complexity index is 616. The molecule has 0 aliphatic heterocycles. The van der Waals surface area contributed by atoms with Crippen LogP contribution in [0.2, 0.25) is 0 Å². The van der Waals surface area contributed by atoms with Crippen molar-refractivity contribution in [3.8, 4) is 0 Å². The highest BCUT2D eigenvalue weighted by molar-refractivity contribution is 5.76. The largest absolute Gasteiger partial charge is 0.481 e. The van der Waals surface area contributed by atoms with Crippen LogP contribution in [0.5, 0.6) is 0 Å². The van der Waals surface area contributed by atoms with E-state index in [0.717, 1.165) is 34.7 Å². The van der Waals surface area contributed by atoms with Gasteiger partial charge in [-0.2, -0.15) is 5.10 Å². The second-order valence-corrected chi connectivity index (χ2v) is 4.52. The first-order chi connectivity index (χ1) is 8.45.